The van der Waals surface area contributed by atoms with Crippen LogP contribution in [0.5, 0.6) is 5.75 Å². The molecule has 0 amide bonds. The van der Waals surface area contributed by atoms with E-state index < -0.39 is 11.5 Å². The molecule has 5 heteroatoms. The topological polar surface area (TPSA) is 58.6 Å². The number of carboxylic acid groups (broad SMARTS) is 1. The van der Waals surface area contributed by atoms with Crippen molar-refractivity contribution in [3.05, 3.63) is 24.3 Å². The number of nitrogens with one attached hydrogen (secondary N) is 1. The van der Waals surface area contributed by atoms with Crippen LogP contribution in [0.4, 0.5) is 0 Å². The van der Waals surface area contributed by atoms with Crippen LogP contribution in [0.3, 0.4) is 0 Å². The molecule has 1 saturated carbocycles. The predicted molar refractivity (Wildman–Crippen MR) is 85.1 cm³/mol. The summed E-state index contributed by atoms with van der Waals surface area (Å²) in [5.74, 6) is 0.853. The third kappa shape index (κ3) is 3.92. The van der Waals surface area contributed by atoms with Gasteiger partial charge in [-0.05, 0) is 56.9 Å². The molecule has 1 aromatic carbocycles. The summed E-state index contributed by atoms with van der Waals surface area (Å²) < 4.78 is 5.14. The molecule has 0 bridgehead atoms. The number of thioether (sulfide) groups is 1. The van der Waals surface area contributed by atoms with Crippen LogP contribution in [-0.2, 0) is 4.79 Å². The molecule has 0 saturated heterocycles. The van der Waals surface area contributed by atoms with Gasteiger partial charge < -0.3 is 9.84 Å². The van der Waals surface area contributed by atoms with Crippen LogP contribution in [0.2, 0.25) is 0 Å². The maximum Gasteiger partial charge on any atom is 0.325 e. The third-order valence-corrected chi connectivity index (χ3v) is 4.93. The average molecular weight is 309 g/mol. The van der Waals surface area contributed by atoms with Gasteiger partial charge >= 0.3 is 5.97 Å². The lowest BCUT2D eigenvalue weighted by molar-refractivity contribution is -0.145. The van der Waals surface area contributed by atoms with Crippen LogP contribution in [0, 0.1) is 5.92 Å². The largest absolute Gasteiger partial charge is 0.497 e. The monoisotopic (exact) mass is 309 g/mol. The van der Waals surface area contributed by atoms with E-state index in [4.69, 9.17) is 4.74 Å². The third-order valence-electron chi connectivity index (χ3n) is 3.73. The van der Waals surface area contributed by atoms with Crippen LogP contribution in [0.1, 0.15) is 26.7 Å². The molecule has 1 atom stereocenters. The van der Waals surface area contributed by atoms with Gasteiger partial charge in [-0.3, -0.25) is 10.1 Å². The van der Waals surface area contributed by atoms with Crippen molar-refractivity contribution in [3.63, 3.8) is 0 Å². The SMILES string of the molecule is COc1ccc(SCC(NC(C)C)(C(=O)O)C2CC2)cc1. The Kier molecular flexibility index (Phi) is 5.17. The van der Waals surface area contributed by atoms with Crippen LogP contribution in [0.15, 0.2) is 29.2 Å². The number of rotatable bonds is 8. The van der Waals surface area contributed by atoms with Gasteiger partial charge in [-0.1, -0.05) is 0 Å². The second-order valence-electron chi connectivity index (χ2n) is 5.81. The normalized spacial score (nSPS) is 17.5. The molecule has 2 rings (SSSR count). The summed E-state index contributed by atoms with van der Waals surface area (Å²) in [7, 11) is 1.64. The van der Waals surface area contributed by atoms with Gasteiger partial charge in [0.1, 0.15) is 11.3 Å². The quantitative estimate of drug-likeness (QED) is 0.723. The van der Waals surface area contributed by atoms with E-state index in [0.717, 1.165) is 23.5 Å². The first-order valence-electron chi connectivity index (χ1n) is 7.26. The van der Waals surface area contributed by atoms with Crippen molar-refractivity contribution < 1.29 is 14.6 Å². The van der Waals surface area contributed by atoms with E-state index in [1.54, 1.807) is 18.9 Å². The highest BCUT2D eigenvalue weighted by atomic mass is 32.2. The first kappa shape index (κ1) is 16.2. The van der Waals surface area contributed by atoms with E-state index >= 15 is 0 Å². The van der Waals surface area contributed by atoms with E-state index in [1.165, 1.54) is 0 Å². The van der Waals surface area contributed by atoms with Crippen LogP contribution >= 0.6 is 11.8 Å². The summed E-state index contributed by atoms with van der Waals surface area (Å²) in [5.41, 5.74) is -0.821. The molecule has 0 heterocycles. The van der Waals surface area contributed by atoms with Crippen molar-refractivity contribution in [2.24, 2.45) is 5.92 Å². The lowest BCUT2D eigenvalue weighted by Crippen LogP contribution is -2.58. The molecule has 0 aliphatic heterocycles. The molecule has 0 radical (unpaired) electrons. The summed E-state index contributed by atoms with van der Waals surface area (Å²) in [6, 6.07) is 7.89. The first-order valence-corrected chi connectivity index (χ1v) is 8.24. The molecule has 1 aromatic rings. The van der Waals surface area contributed by atoms with Gasteiger partial charge in [-0.15, -0.1) is 11.8 Å². The predicted octanol–water partition coefficient (Wildman–Crippen LogP) is 3.02. The molecule has 0 aromatic heterocycles. The minimum atomic E-state index is -0.821. The second-order valence-corrected chi connectivity index (χ2v) is 6.86. The molecule has 1 fully saturated rings. The summed E-state index contributed by atoms with van der Waals surface area (Å²) in [4.78, 5) is 12.9. The average Bonchev–Trinajstić information content (AvgIpc) is 3.28. The van der Waals surface area contributed by atoms with Gasteiger partial charge in [0.2, 0.25) is 0 Å². The molecule has 4 nitrogen and oxygen atoms in total. The Labute approximate surface area is 130 Å². The molecule has 1 aliphatic rings. The van der Waals surface area contributed by atoms with Gasteiger partial charge in [0.05, 0.1) is 7.11 Å². The summed E-state index contributed by atoms with van der Waals surface area (Å²) in [6.45, 7) is 4.00. The Morgan fingerprint density at radius 3 is 2.48 bits per heavy atom. The summed E-state index contributed by atoms with van der Waals surface area (Å²) >= 11 is 1.59. The molecular formula is C16H23NO3S. The summed E-state index contributed by atoms with van der Waals surface area (Å²) in [5, 5.41) is 13.0. The molecular weight excluding hydrogens is 286 g/mol. The van der Waals surface area contributed by atoms with E-state index in [2.05, 4.69) is 5.32 Å². The van der Waals surface area contributed by atoms with Crippen molar-refractivity contribution in [2.75, 3.05) is 12.9 Å². The van der Waals surface area contributed by atoms with Gasteiger partial charge in [-0.25, -0.2) is 0 Å². The van der Waals surface area contributed by atoms with Gasteiger partial charge in [-0.2, -0.15) is 0 Å². The number of benzene rings is 1. The van der Waals surface area contributed by atoms with Crippen LogP contribution < -0.4 is 10.1 Å². The van der Waals surface area contributed by atoms with E-state index in [9.17, 15) is 9.90 Å². The fourth-order valence-electron chi connectivity index (χ4n) is 2.54. The smallest absolute Gasteiger partial charge is 0.325 e. The Morgan fingerprint density at radius 1 is 1.43 bits per heavy atom. The zero-order chi connectivity index (χ0) is 15.5. The lowest BCUT2D eigenvalue weighted by atomic mass is 9.94. The van der Waals surface area contributed by atoms with E-state index in [1.807, 2.05) is 38.1 Å². The van der Waals surface area contributed by atoms with Crippen LogP contribution in [0.25, 0.3) is 0 Å². The standard InChI is InChI=1S/C16H23NO3S/c1-11(2)17-16(15(18)19,12-4-5-12)10-21-14-8-6-13(20-3)7-9-14/h6-9,11-12,17H,4-5,10H2,1-3H3,(H,18,19). The van der Waals surface area contributed by atoms with Crippen molar-refractivity contribution in [3.8, 4) is 5.75 Å². The van der Waals surface area contributed by atoms with Crippen molar-refractivity contribution in [1.82, 2.24) is 5.32 Å². The molecule has 1 aliphatic carbocycles. The Balaban J connectivity index is 2.09. The second kappa shape index (κ2) is 6.71. The number of methoxy groups -OCH3 is 1. The van der Waals surface area contributed by atoms with E-state index in [0.29, 0.717) is 5.75 Å². The molecule has 2 N–H and O–H groups in total. The minimum Gasteiger partial charge on any atom is -0.497 e. The number of carbonyl (C=O) groups is 1. The van der Waals surface area contributed by atoms with Crippen LogP contribution in [-0.4, -0.2) is 35.5 Å². The minimum absolute atomic E-state index is 0.151. The molecule has 116 valence electrons. The van der Waals surface area contributed by atoms with Gasteiger partial charge in [0.25, 0.3) is 0 Å². The number of aliphatic carboxylic acids is 1. The number of ether oxygens (including phenoxy) is 1. The highest BCUT2D eigenvalue weighted by molar-refractivity contribution is 7.99. The van der Waals surface area contributed by atoms with Crippen molar-refractivity contribution >= 4 is 17.7 Å². The van der Waals surface area contributed by atoms with E-state index in [-0.39, 0.29) is 12.0 Å². The van der Waals surface area contributed by atoms with Crippen molar-refractivity contribution in [2.45, 2.75) is 43.2 Å². The van der Waals surface area contributed by atoms with Gasteiger partial charge in [0, 0.05) is 16.7 Å². The fourth-order valence-corrected chi connectivity index (χ4v) is 3.70. The highest BCUT2D eigenvalue weighted by Crippen LogP contribution is 2.43. The summed E-state index contributed by atoms with van der Waals surface area (Å²) in [6.07, 6.45) is 1.99. The van der Waals surface area contributed by atoms with Crippen molar-refractivity contribution in [1.29, 1.82) is 0 Å². The zero-order valence-electron chi connectivity index (χ0n) is 12.8. The maximum absolute atomic E-state index is 11.9. The number of carboxylic acids is 1. The lowest BCUT2D eigenvalue weighted by Gasteiger charge is -2.32. The van der Waals surface area contributed by atoms with Gasteiger partial charge in [0.15, 0.2) is 0 Å². The zero-order valence-corrected chi connectivity index (χ0v) is 13.6. The number of hydrogen-bond donors (Lipinski definition) is 2. The Morgan fingerprint density at radius 2 is 2.05 bits per heavy atom. The first-order chi connectivity index (χ1) is 9.98. The maximum atomic E-state index is 11.9. The highest BCUT2D eigenvalue weighted by Gasteiger charge is 2.51. The molecule has 0 spiro atoms. The Bertz CT molecular complexity index is 485. The Hall–Kier alpha value is -1.20. The number of hydrogen-bond acceptors (Lipinski definition) is 4. The molecule has 21 heavy (non-hydrogen) atoms. The molecule has 1 unspecified atom stereocenters. The fraction of sp³-hybridized carbons (Fsp3) is 0.562.